The second kappa shape index (κ2) is 12.8. The Labute approximate surface area is 215 Å². The van der Waals surface area contributed by atoms with E-state index in [1.807, 2.05) is 26.0 Å². The first-order valence-electron chi connectivity index (χ1n) is 12.0. The van der Waals surface area contributed by atoms with E-state index in [4.69, 9.17) is 25.8 Å². The molecular weight excluding hydrogens is 484 g/mol. The summed E-state index contributed by atoms with van der Waals surface area (Å²) >= 11 is 6.36. The average Bonchev–Trinajstić information content (AvgIpc) is 3.38. The number of imidazole rings is 1. The summed E-state index contributed by atoms with van der Waals surface area (Å²) in [4.78, 5) is 26.2. The number of halogens is 1. The number of benzene rings is 1. The molecule has 11 heteroatoms. The molecule has 2 aromatic heterocycles. The molecule has 0 unspecified atom stereocenters. The van der Waals surface area contributed by atoms with E-state index in [0.29, 0.717) is 23.4 Å². The predicted octanol–water partition coefficient (Wildman–Crippen LogP) is 3.66. The Hall–Kier alpha value is -3.05. The van der Waals surface area contributed by atoms with E-state index in [9.17, 15) is 4.79 Å². The van der Waals surface area contributed by atoms with Crippen molar-refractivity contribution in [3.63, 3.8) is 0 Å². The first-order chi connectivity index (χ1) is 17.5. The normalized spacial score (nSPS) is 14.1. The van der Waals surface area contributed by atoms with E-state index in [1.165, 1.54) is 0 Å². The number of amides is 1. The van der Waals surface area contributed by atoms with Crippen molar-refractivity contribution in [2.45, 2.75) is 45.9 Å². The molecule has 1 saturated heterocycles. The molecule has 0 radical (unpaired) electrons. The molecule has 3 aromatic rings. The number of nitrogens with one attached hydrogen (secondary N) is 2. The zero-order valence-corrected chi connectivity index (χ0v) is 21.3. The summed E-state index contributed by atoms with van der Waals surface area (Å²) in [6.45, 7) is 6.60. The van der Waals surface area contributed by atoms with E-state index in [0.717, 1.165) is 42.7 Å². The topological polar surface area (TPSA) is 112 Å². The van der Waals surface area contributed by atoms with Crippen LogP contribution in [0.15, 0.2) is 36.9 Å². The maximum Gasteiger partial charge on any atom is 0.271 e. The highest BCUT2D eigenvalue weighted by Gasteiger charge is 2.17. The van der Waals surface area contributed by atoms with Gasteiger partial charge in [-0.15, -0.1) is 0 Å². The van der Waals surface area contributed by atoms with Crippen molar-refractivity contribution >= 4 is 23.5 Å². The van der Waals surface area contributed by atoms with Crippen LogP contribution in [0.2, 0.25) is 5.02 Å². The lowest BCUT2D eigenvalue weighted by Gasteiger charge is -2.23. The number of nitrogens with zero attached hydrogens (tertiary/aromatic N) is 4. The molecular formula is C25H31ClN6O4. The van der Waals surface area contributed by atoms with E-state index < -0.39 is 0 Å². The summed E-state index contributed by atoms with van der Waals surface area (Å²) in [5.74, 6) is 0.902. The summed E-state index contributed by atoms with van der Waals surface area (Å²) in [5, 5.41) is 6.86. The lowest BCUT2D eigenvalue weighted by molar-refractivity contribution is -0.0573. The fraction of sp³-hybridized carbons (Fsp3) is 0.440. The lowest BCUT2D eigenvalue weighted by atomic mass is 10.1. The maximum absolute atomic E-state index is 12.8. The van der Waals surface area contributed by atoms with Crippen molar-refractivity contribution in [1.82, 2.24) is 24.8 Å². The largest absolute Gasteiger partial charge is 0.381 e. The van der Waals surface area contributed by atoms with Crippen LogP contribution in [0.5, 0.6) is 0 Å². The standard InChI is InChI=1S/C25H31ClN6O4/c1-3-34-16-36-14-20-18(5-4-6-21(20)26)12-27-24(33)22-13-32(15-29-22)23-17(2)11-28-25(31-23)30-19-7-9-35-10-8-19/h4-6,11,13,15,19H,3,7-10,12,14,16H2,1-2H3,(H,27,33)(H,28,30,31). The summed E-state index contributed by atoms with van der Waals surface area (Å²) in [6, 6.07) is 5.82. The lowest BCUT2D eigenvalue weighted by Crippen LogP contribution is -2.28. The number of carbonyl (C=O) groups excluding carboxylic acids is 1. The highest BCUT2D eigenvalue weighted by Crippen LogP contribution is 2.21. The third kappa shape index (κ3) is 6.79. The van der Waals surface area contributed by atoms with Crippen LogP contribution < -0.4 is 10.6 Å². The van der Waals surface area contributed by atoms with Crippen molar-refractivity contribution in [1.29, 1.82) is 0 Å². The molecule has 192 valence electrons. The quantitative estimate of drug-likeness (QED) is 0.294. The molecule has 0 saturated carbocycles. The molecule has 0 spiro atoms. The van der Waals surface area contributed by atoms with Gasteiger partial charge in [0.2, 0.25) is 5.95 Å². The molecule has 1 aliphatic rings. The van der Waals surface area contributed by atoms with E-state index in [1.54, 1.807) is 29.4 Å². The Morgan fingerprint density at radius 1 is 1.25 bits per heavy atom. The maximum atomic E-state index is 12.8. The fourth-order valence-electron chi connectivity index (χ4n) is 3.83. The second-order valence-corrected chi connectivity index (χ2v) is 8.82. The van der Waals surface area contributed by atoms with Crippen LogP contribution in [0.3, 0.4) is 0 Å². The third-order valence-electron chi connectivity index (χ3n) is 5.83. The second-order valence-electron chi connectivity index (χ2n) is 8.42. The van der Waals surface area contributed by atoms with Crippen molar-refractivity contribution in [3.8, 4) is 5.82 Å². The first-order valence-corrected chi connectivity index (χ1v) is 12.3. The molecule has 1 aromatic carbocycles. The number of carbonyl (C=O) groups is 1. The summed E-state index contributed by atoms with van der Waals surface area (Å²) in [7, 11) is 0. The Kier molecular flexibility index (Phi) is 9.23. The number of anilines is 1. The Morgan fingerprint density at radius 2 is 2.08 bits per heavy atom. The molecule has 1 fully saturated rings. The van der Waals surface area contributed by atoms with Crippen molar-refractivity contribution in [2.75, 3.05) is 31.9 Å². The van der Waals surface area contributed by atoms with Crippen LogP contribution in [0, 0.1) is 6.92 Å². The molecule has 10 nitrogen and oxygen atoms in total. The fourth-order valence-corrected chi connectivity index (χ4v) is 4.08. The van der Waals surface area contributed by atoms with Gasteiger partial charge < -0.3 is 24.8 Å². The summed E-state index contributed by atoms with van der Waals surface area (Å²) in [6.07, 6.45) is 6.82. The SMILES string of the molecule is CCOCOCc1c(Cl)cccc1CNC(=O)c1cn(-c2nc(NC3CCOCC3)ncc2C)cn1. The number of hydrogen-bond donors (Lipinski definition) is 2. The number of aromatic nitrogens is 4. The summed E-state index contributed by atoms with van der Waals surface area (Å²) in [5.41, 5.74) is 2.82. The Morgan fingerprint density at radius 3 is 2.89 bits per heavy atom. The monoisotopic (exact) mass is 514 g/mol. The van der Waals surface area contributed by atoms with Crippen molar-refractivity contribution in [3.05, 3.63) is 64.3 Å². The minimum absolute atomic E-state index is 0.180. The van der Waals surface area contributed by atoms with Gasteiger partial charge in [-0.1, -0.05) is 23.7 Å². The third-order valence-corrected chi connectivity index (χ3v) is 6.19. The average molecular weight is 515 g/mol. The number of hydrogen-bond acceptors (Lipinski definition) is 8. The molecule has 3 heterocycles. The van der Waals surface area contributed by atoms with Gasteiger partial charge in [0.25, 0.3) is 5.91 Å². The molecule has 0 aliphatic carbocycles. The van der Waals surface area contributed by atoms with Gasteiger partial charge in [-0.2, -0.15) is 4.98 Å². The van der Waals surface area contributed by atoms with Crippen molar-refractivity contribution in [2.24, 2.45) is 0 Å². The molecule has 36 heavy (non-hydrogen) atoms. The van der Waals surface area contributed by atoms with Crippen LogP contribution >= 0.6 is 11.6 Å². The van der Waals surface area contributed by atoms with Gasteiger partial charge in [-0.25, -0.2) is 9.97 Å². The van der Waals surface area contributed by atoms with Crippen LogP contribution in [0.25, 0.3) is 5.82 Å². The van der Waals surface area contributed by atoms with Crippen LogP contribution in [-0.2, 0) is 27.4 Å². The minimum Gasteiger partial charge on any atom is -0.381 e. The van der Waals surface area contributed by atoms with E-state index in [-0.39, 0.29) is 37.6 Å². The Balaban J connectivity index is 1.40. The zero-order valence-electron chi connectivity index (χ0n) is 20.5. The van der Waals surface area contributed by atoms with Gasteiger partial charge in [0, 0.05) is 61.0 Å². The van der Waals surface area contributed by atoms with Gasteiger partial charge in [-0.3, -0.25) is 9.36 Å². The Bertz CT molecular complexity index is 1170. The van der Waals surface area contributed by atoms with E-state index in [2.05, 4.69) is 25.6 Å². The molecule has 1 amide bonds. The van der Waals surface area contributed by atoms with Crippen LogP contribution in [0.4, 0.5) is 5.95 Å². The molecule has 0 bridgehead atoms. The van der Waals surface area contributed by atoms with Crippen molar-refractivity contribution < 1.29 is 19.0 Å². The molecule has 2 N–H and O–H groups in total. The summed E-state index contributed by atoms with van der Waals surface area (Å²) < 4.78 is 17.9. The van der Waals surface area contributed by atoms with Gasteiger partial charge in [0.1, 0.15) is 24.6 Å². The predicted molar refractivity (Wildman–Crippen MR) is 135 cm³/mol. The van der Waals surface area contributed by atoms with E-state index >= 15 is 0 Å². The van der Waals surface area contributed by atoms with Crippen LogP contribution in [-0.4, -0.2) is 58.1 Å². The minimum atomic E-state index is -0.304. The number of ether oxygens (including phenoxy) is 3. The van der Waals surface area contributed by atoms with Gasteiger partial charge in [0.05, 0.1) is 6.61 Å². The highest BCUT2D eigenvalue weighted by atomic mass is 35.5. The van der Waals surface area contributed by atoms with Gasteiger partial charge in [0.15, 0.2) is 0 Å². The zero-order chi connectivity index (χ0) is 25.3. The highest BCUT2D eigenvalue weighted by molar-refractivity contribution is 6.31. The smallest absolute Gasteiger partial charge is 0.271 e. The first kappa shape index (κ1) is 26.0. The van der Waals surface area contributed by atoms with Crippen LogP contribution in [0.1, 0.15) is 46.9 Å². The molecule has 0 atom stereocenters. The van der Waals surface area contributed by atoms with Gasteiger partial charge in [-0.05, 0) is 38.3 Å². The number of aryl methyl sites for hydroxylation is 1. The van der Waals surface area contributed by atoms with Gasteiger partial charge >= 0.3 is 0 Å². The molecule has 4 rings (SSSR count). The number of rotatable bonds is 11. The molecule has 1 aliphatic heterocycles.